The number of allylic oxidation sites excluding steroid dienone is 1. The average Bonchev–Trinajstić information content (AvgIpc) is 3.31. The van der Waals surface area contributed by atoms with Crippen LogP contribution in [0.4, 0.5) is 5.69 Å². The molecule has 8 heteroatoms. The number of benzene rings is 3. The van der Waals surface area contributed by atoms with Gasteiger partial charge in [-0.15, -0.1) is 0 Å². The van der Waals surface area contributed by atoms with Gasteiger partial charge in [0.05, 0.1) is 11.6 Å². The topological polar surface area (TPSA) is 54.2 Å². The zero-order valence-electron chi connectivity index (χ0n) is 17.5. The van der Waals surface area contributed by atoms with Gasteiger partial charge in [-0.2, -0.15) is 4.98 Å². The predicted octanol–water partition coefficient (Wildman–Crippen LogP) is 6.91. The summed E-state index contributed by atoms with van der Waals surface area (Å²) in [6.07, 6.45) is 0. The van der Waals surface area contributed by atoms with E-state index in [0.717, 1.165) is 28.1 Å². The summed E-state index contributed by atoms with van der Waals surface area (Å²) >= 11 is 18.0. The Labute approximate surface area is 206 Å². The fourth-order valence-electron chi connectivity index (χ4n) is 3.86. The molecule has 1 aromatic heterocycles. The summed E-state index contributed by atoms with van der Waals surface area (Å²) in [7, 11) is 0. The molecule has 0 fully saturated rings. The summed E-state index contributed by atoms with van der Waals surface area (Å²) in [6, 6.07) is 24.6. The second-order valence-electron chi connectivity index (χ2n) is 7.53. The Balaban J connectivity index is 1.65. The maximum atomic E-state index is 6.13. The van der Waals surface area contributed by atoms with E-state index in [4.69, 9.17) is 44.9 Å². The van der Waals surface area contributed by atoms with E-state index in [1.54, 1.807) is 0 Å². The van der Waals surface area contributed by atoms with Crippen molar-refractivity contribution < 1.29 is 4.52 Å². The number of hydrogen-bond acceptors (Lipinski definition) is 4. The number of nitrogens with zero attached hydrogens (tertiary/aromatic N) is 3. The normalized spacial score (nSPS) is 16.2. The van der Waals surface area contributed by atoms with Crippen LogP contribution in [0.3, 0.4) is 0 Å². The van der Waals surface area contributed by atoms with Crippen LogP contribution >= 0.6 is 35.4 Å². The molecule has 1 atom stereocenters. The van der Waals surface area contributed by atoms with Crippen LogP contribution in [0.2, 0.25) is 10.0 Å². The lowest BCUT2D eigenvalue weighted by Crippen LogP contribution is -2.46. The van der Waals surface area contributed by atoms with Gasteiger partial charge in [0.25, 0.3) is 5.89 Å². The molecule has 2 heterocycles. The van der Waals surface area contributed by atoms with Gasteiger partial charge in [-0.25, -0.2) is 0 Å². The molecule has 164 valence electrons. The first-order valence-corrected chi connectivity index (χ1v) is 11.4. The van der Waals surface area contributed by atoms with E-state index in [1.165, 1.54) is 0 Å². The molecule has 0 spiro atoms. The minimum atomic E-state index is -0.289. The first-order chi connectivity index (χ1) is 16.0. The number of rotatable bonds is 4. The Kier molecular flexibility index (Phi) is 5.89. The van der Waals surface area contributed by atoms with Crippen molar-refractivity contribution in [2.24, 2.45) is 0 Å². The summed E-state index contributed by atoms with van der Waals surface area (Å²) in [5.41, 5.74) is 4.44. The molecule has 3 aromatic carbocycles. The fraction of sp³-hybridized carbons (Fsp3) is 0.0800. The van der Waals surface area contributed by atoms with Gasteiger partial charge >= 0.3 is 0 Å². The molecule has 33 heavy (non-hydrogen) atoms. The number of thiocarbonyl (C=S) groups is 1. The van der Waals surface area contributed by atoms with E-state index < -0.39 is 0 Å². The molecule has 1 unspecified atom stereocenters. The fourth-order valence-corrected chi connectivity index (χ4v) is 4.48. The summed E-state index contributed by atoms with van der Waals surface area (Å²) in [6.45, 7) is 1.99. The minimum Gasteiger partial charge on any atom is -0.351 e. The maximum absolute atomic E-state index is 6.13. The van der Waals surface area contributed by atoms with Crippen LogP contribution in [0.15, 0.2) is 89.1 Å². The number of nitrogens with one attached hydrogen (secondary N) is 1. The molecule has 5 nitrogen and oxygen atoms in total. The molecule has 0 aliphatic carbocycles. The molecule has 0 saturated carbocycles. The minimum absolute atomic E-state index is 0.289. The lowest BCUT2D eigenvalue weighted by molar-refractivity contribution is 0.404. The molecule has 0 radical (unpaired) electrons. The van der Waals surface area contributed by atoms with E-state index in [1.807, 2.05) is 90.7 Å². The van der Waals surface area contributed by atoms with Gasteiger partial charge in [-0.05, 0) is 61.1 Å². The van der Waals surface area contributed by atoms with Crippen LogP contribution < -0.4 is 10.2 Å². The second kappa shape index (κ2) is 8.98. The first-order valence-electron chi connectivity index (χ1n) is 10.2. The van der Waals surface area contributed by atoms with Crippen LogP contribution in [0, 0.1) is 0 Å². The summed E-state index contributed by atoms with van der Waals surface area (Å²) < 4.78 is 5.77. The van der Waals surface area contributed by atoms with Crippen molar-refractivity contribution in [3.05, 3.63) is 106 Å². The molecule has 1 aliphatic rings. The van der Waals surface area contributed by atoms with E-state index in [9.17, 15) is 0 Å². The van der Waals surface area contributed by atoms with Crippen LogP contribution in [0.1, 0.15) is 24.4 Å². The van der Waals surface area contributed by atoms with Crippen LogP contribution in [-0.4, -0.2) is 15.3 Å². The third-order valence-electron chi connectivity index (χ3n) is 5.46. The molecule has 0 saturated heterocycles. The Bertz CT molecular complexity index is 1340. The largest absolute Gasteiger partial charge is 0.351 e. The number of anilines is 1. The Morgan fingerprint density at radius 3 is 2.21 bits per heavy atom. The lowest BCUT2D eigenvalue weighted by atomic mass is 9.94. The van der Waals surface area contributed by atoms with E-state index >= 15 is 0 Å². The van der Waals surface area contributed by atoms with E-state index in [2.05, 4.69) is 10.5 Å². The van der Waals surface area contributed by atoms with Gasteiger partial charge in [0, 0.05) is 27.0 Å². The van der Waals surface area contributed by atoms with Crippen molar-refractivity contribution in [3.8, 4) is 11.4 Å². The van der Waals surface area contributed by atoms with Crippen LogP contribution in [0.5, 0.6) is 0 Å². The molecular weight excluding hydrogens is 475 g/mol. The van der Waals surface area contributed by atoms with Gasteiger partial charge in [0.15, 0.2) is 5.11 Å². The highest BCUT2D eigenvalue weighted by atomic mass is 35.5. The number of hydrogen-bond donors (Lipinski definition) is 1. The van der Waals surface area contributed by atoms with Crippen LogP contribution in [0.25, 0.3) is 17.0 Å². The molecule has 0 amide bonds. The van der Waals surface area contributed by atoms with Gasteiger partial charge in [0.1, 0.15) is 0 Å². The van der Waals surface area contributed by atoms with Crippen molar-refractivity contribution >= 4 is 51.8 Å². The third kappa shape index (κ3) is 4.25. The standard InChI is InChI=1S/C25H18Cl2N4OS/c1-15-21(24-29-23(30-32-24)17-5-3-2-4-6-17)22(16-7-9-18(26)10-8-16)28-25(33)31(15)20-13-11-19(27)12-14-20/h2-14,22H,1H3,(H,28,33). The van der Waals surface area contributed by atoms with E-state index in [-0.39, 0.29) is 6.04 Å². The predicted molar refractivity (Wildman–Crippen MR) is 136 cm³/mol. The quantitative estimate of drug-likeness (QED) is 0.312. The smallest absolute Gasteiger partial charge is 0.258 e. The highest BCUT2D eigenvalue weighted by molar-refractivity contribution is 7.80. The lowest BCUT2D eigenvalue weighted by Gasteiger charge is -2.37. The summed E-state index contributed by atoms with van der Waals surface area (Å²) in [4.78, 5) is 6.67. The SMILES string of the molecule is CC1=C(c2nc(-c3ccccc3)no2)C(c2ccc(Cl)cc2)NC(=S)N1c1ccc(Cl)cc1. The highest BCUT2D eigenvalue weighted by Gasteiger charge is 2.34. The highest BCUT2D eigenvalue weighted by Crippen LogP contribution is 2.39. The van der Waals surface area contributed by atoms with E-state index in [0.29, 0.717) is 26.9 Å². The Morgan fingerprint density at radius 1 is 0.909 bits per heavy atom. The van der Waals surface area contributed by atoms with Gasteiger partial charge in [-0.3, -0.25) is 4.90 Å². The summed E-state index contributed by atoms with van der Waals surface area (Å²) in [5, 5.41) is 9.54. The van der Waals surface area contributed by atoms with Gasteiger partial charge in [0.2, 0.25) is 5.82 Å². The van der Waals surface area contributed by atoms with Crippen molar-refractivity contribution in [2.45, 2.75) is 13.0 Å². The first kappa shape index (κ1) is 21.6. The van der Waals surface area contributed by atoms with Crippen LogP contribution in [-0.2, 0) is 0 Å². The molecule has 4 aromatic rings. The molecule has 0 bridgehead atoms. The van der Waals surface area contributed by atoms with Crippen molar-refractivity contribution in [3.63, 3.8) is 0 Å². The Hall–Kier alpha value is -3.19. The van der Waals surface area contributed by atoms with Gasteiger partial charge < -0.3 is 9.84 Å². The zero-order valence-corrected chi connectivity index (χ0v) is 19.8. The second-order valence-corrected chi connectivity index (χ2v) is 8.79. The molecule has 1 aliphatic heterocycles. The third-order valence-corrected chi connectivity index (χ3v) is 6.27. The maximum Gasteiger partial charge on any atom is 0.258 e. The molecular formula is C25H18Cl2N4OS. The Morgan fingerprint density at radius 2 is 1.55 bits per heavy atom. The van der Waals surface area contributed by atoms with Crippen molar-refractivity contribution in [2.75, 3.05) is 4.90 Å². The average molecular weight is 493 g/mol. The summed E-state index contributed by atoms with van der Waals surface area (Å²) in [5.74, 6) is 0.937. The monoisotopic (exact) mass is 492 g/mol. The van der Waals surface area contributed by atoms with Crippen molar-refractivity contribution in [1.82, 2.24) is 15.5 Å². The van der Waals surface area contributed by atoms with Gasteiger partial charge in [-0.1, -0.05) is 70.8 Å². The van der Waals surface area contributed by atoms with Crippen molar-refractivity contribution in [1.29, 1.82) is 0 Å². The number of halogens is 2. The molecule has 5 rings (SSSR count). The molecule has 1 N–H and O–H groups in total. The number of aromatic nitrogens is 2. The zero-order chi connectivity index (χ0) is 22.9.